The van der Waals surface area contributed by atoms with Crippen molar-refractivity contribution in [2.24, 2.45) is 5.92 Å². The third-order valence-corrected chi connectivity index (χ3v) is 10.1. The van der Waals surface area contributed by atoms with Crippen LogP contribution in [0.5, 0.6) is 0 Å². The third-order valence-electron chi connectivity index (χ3n) is 7.70. The van der Waals surface area contributed by atoms with Crippen molar-refractivity contribution in [2.45, 2.75) is 102 Å². The van der Waals surface area contributed by atoms with E-state index in [1.54, 1.807) is 11.8 Å². The average Bonchev–Trinajstić information content (AvgIpc) is 2.92. The Balaban J connectivity index is 1.85. The molecule has 1 aliphatic carbocycles. The van der Waals surface area contributed by atoms with Crippen LogP contribution in [-0.2, 0) is 11.3 Å². The van der Waals surface area contributed by atoms with Gasteiger partial charge in [-0.25, -0.2) is 4.79 Å². The number of hydrogen-bond acceptors (Lipinski definition) is 5. The molecule has 2 aromatic carbocycles. The van der Waals surface area contributed by atoms with Crippen molar-refractivity contribution in [1.82, 2.24) is 10.6 Å². The van der Waals surface area contributed by atoms with Crippen LogP contribution >= 0.6 is 23.5 Å². The molecule has 3 atom stereocenters. The van der Waals surface area contributed by atoms with Gasteiger partial charge in [0, 0.05) is 28.1 Å². The van der Waals surface area contributed by atoms with Gasteiger partial charge in [0.05, 0.1) is 0 Å². The van der Waals surface area contributed by atoms with Crippen LogP contribution in [0.4, 0.5) is 0 Å². The number of carboxylic acid groups (broad SMARTS) is 1. The first-order valence-electron chi connectivity index (χ1n) is 14.6. The summed E-state index contributed by atoms with van der Waals surface area (Å²) in [6, 6.07) is 13.4. The minimum absolute atomic E-state index is 0.203. The monoisotopic (exact) mass is 584 g/mol. The van der Waals surface area contributed by atoms with Gasteiger partial charge >= 0.3 is 5.97 Å². The van der Waals surface area contributed by atoms with Crippen LogP contribution in [0.3, 0.4) is 0 Å². The molecule has 5 nitrogen and oxygen atoms in total. The van der Waals surface area contributed by atoms with E-state index in [-0.39, 0.29) is 10.7 Å². The summed E-state index contributed by atoms with van der Waals surface area (Å²) in [4.78, 5) is 25.2. The van der Waals surface area contributed by atoms with Crippen molar-refractivity contribution in [1.29, 1.82) is 0 Å². The molecule has 0 radical (unpaired) electrons. The van der Waals surface area contributed by atoms with Gasteiger partial charge in [-0.3, -0.25) is 4.79 Å². The maximum absolute atomic E-state index is 13.4. The van der Waals surface area contributed by atoms with Crippen molar-refractivity contribution in [2.75, 3.05) is 12.0 Å². The Morgan fingerprint density at radius 2 is 1.75 bits per heavy atom. The number of amides is 1. The summed E-state index contributed by atoms with van der Waals surface area (Å²) in [6.45, 7) is 12.0. The van der Waals surface area contributed by atoms with E-state index in [9.17, 15) is 14.7 Å². The summed E-state index contributed by atoms with van der Waals surface area (Å²) < 4.78 is 0.203. The predicted molar refractivity (Wildman–Crippen MR) is 173 cm³/mol. The van der Waals surface area contributed by atoms with Gasteiger partial charge in [-0.05, 0) is 85.4 Å². The molecule has 0 bridgehead atoms. The number of carbonyl (C=O) groups is 2. The van der Waals surface area contributed by atoms with E-state index < -0.39 is 12.0 Å². The van der Waals surface area contributed by atoms with Gasteiger partial charge in [-0.1, -0.05) is 70.4 Å². The summed E-state index contributed by atoms with van der Waals surface area (Å²) in [5.41, 5.74) is 4.52. The summed E-state index contributed by atoms with van der Waals surface area (Å²) in [7, 11) is 0. The molecule has 0 heterocycles. The van der Waals surface area contributed by atoms with E-state index >= 15 is 0 Å². The zero-order valence-electron chi connectivity index (χ0n) is 25.1. The second kappa shape index (κ2) is 15.3. The zero-order chi connectivity index (χ0) is 29.3. The number of aliphatic carboxylic acids is 1. The summed E-state index contributed by atoms with van der Waals surface area (Å²) in [5.74, 6) is 0.0521. The molecule has 1 fully saturated rings. The molecule has 3 rings (SSSR count). The lowest BCUT2D eigenvalue weighted by Crippen LogP contribution is -2.42. The molecule has 220 valence electrons. The first kappa shape index (κ1) is 32.6. The smallest absolute Gasteiger partial charge is 0.326 e. The maximum atomic E-state index is 13.4. The average molecular weight is 585 g/mol. The molecule has 1 aliphatic rings. The Hall–Kier alpha value is -1.96. The van der Waals surface area contributed by atoms with Crippen molar-refractivity contribution >= 4 is 35.4 Å². The van der Waals surface area contributed by atoms with Crippen LogP contribution in [0.1, 0.15) is 87.7 Å². The molecule has 1 saturated carbocycles. The van der Waals surface area contributed by atoms with Gasteiger partial charge in [0.2, 0.25) is 0 Å². The molecule has 1 amide bonds. The number of rotatable bonds is 13. The molecule has 7 heteroatoms. The predicted octanol–water partition coefficient (Wildman–Crippen LogP) is 7.56. The number of hydrogen-bond donors (Lipinski definition) is 3. The SMILES string of the molecule is CSCC[C@H](NC(=O)c1ccc(CNC(C)C(SC(C)(C)C)C2CCCCC2)cc1-c1ccccc1C)C(=O)O. The van der Waals surface area contributed by atoms with Crippen molar-refractivity contribution in [3.8, 4) is 11.1 Å². The quantitative estimate of drug-likeness (QED) is 0.226. The van der Waals surface area contributed by atoms with E-state index in [0.29, 0.717) is 35.6 Å². The third kappa shape index (κ3) is 9.56. The van der Waals surface area contributed by atoms with Gasteiger partial charge in [0.1, 0.15) is 6.04 Å². The second-order valence-corrected chi connectivity index (χ2v) is 15.1. The van der Waals surface area contributed by atoms with Crippen LogP contribution in [0, 0.1) is 12.8 Å². The lowest BCUT2D eigenvalue weighted by atomic mass is 9.84. The molecule has 2 aromatic rings. The Labute approximate surface area is 250 Å². The molecule has 0 spiro atoms. The molecular formula is C33H48N2O3S2. The normalized spacial score (nSPS) is 16.8. The number of carboxylic acids is 1. The Morgan fingerprint density at radius 3 is 2.38 bits per heavy atom. The van der Waals surface area contributed by atoms with E-state index in [4.69, 9.17) is 0 Å². The Kier molecular flexibility index (Phi) is 12.5. The molecular weight excluding hydrogens is 537 g/mol. The number of thioether (sulfide) groups is 2. The van der Waals surface area contributed by atoms with E-state index in [2.05, 4.69) is 56.2 Å². The first-order chi connectivity index (χ1) is 19.0. The van der Waals surface area contributed by atoms with Gasteiger partial charge in [0.15, 0.2) is 0 Å². The van der Waals surface area contributed by atoms with E-state index in [1.807, 2.05) is 49.6 Å². The van der Waals surface area contributed by atoms with Crippen LogP contribution in [0.2, 0.25) is 0 Å². The number of carbonyl (C=O) groups excluding carboxylic acids is 1. The number of nitrogens with one attached hydrogen (secondary N) is 2. The van der Waals surface area contributed by atoms with E-state index in [1.165, 1.54) is 32.1 Å². The largest absolute Gasteiger partial charge is 0.480 e. The van der Waals surface area contributed by atoms with Crippen LogP contribution in [0.15, 0.2) is 42.5 Å². The number of benzene rings is 2. The first-order valence-corrected chi connectivity index (χ1v) is 16.9. The molecule has 0 saturated heterocycles. The van der Waals surface area contributed by atoms with E-state index in [0.717, 1.165) is 28.2 Å². The molecule has 40 heavy (non-hydrogen) atoms. The van der Waals surface area contributed by atoms with Crippen LogP contribution < -0.4 is 10.6 Å². The summed E-state index contributed by atoms with van der Waals surface area (Å²) in [6.07, 6.45) is 8.98. The molecule has 3 N–H and O–H groups in total. The zero-order valence-corrected chi connectivity index (χ0v) is 26.7. The van der Waals surface area contributed by atoms with Crippen molar-refractivity contribution in [3.05, 3.63) is 59.2 Å². The van der Waals surface area contributed by atoms with Gasteiger partial charge in [0.25, 0.3) is 5.91 Å². The molecule has 2 unspecified atom stereocenters. The highest BCUT2D eigenvalue weighted by Crippen LogP contribution is 2.40. The highest BCUT2D eigenvalue weighted by Gasteiger charge is 2.32. The Morgan fingerprint density at radius 1 is 1.05 bits per heavy atom. The topological polar surface area (TPSA) is 78.4 Å². The van der Waals surface area contributed by atoms with Crippen molar-refractivity contribution < 1.29 is 14.7 Å². The molecule has 0 aliphatic heterocycles. The second-order valence-electron chi connectivity index (χ2n) is 12.1. The Bertz CT molecular complexity index is 1120. The lowest BCUT2D eigenvalue weighted by molar-refractivity contribution is -0.139. The standard InChI is InChI=1S/C33H48N2O3S2/c1-22-12-10-11-15-26(22)28-20-24(16-17-27(28)31(36)35-29(32(37)38)18-19-39-6)21-34-23(2)30(40-33(3,4)5)25-13-8-7-9-14-25/h10-12,15-17,20,23,25,29-30,34H,7-9,13-14,18-19,21H2,1-6H3,(H,35,36)(H,37,38)/t23?,29-,30?/m0/s1. The fourth-order valence-electron chi connectivity index (χ4n) is 5.60. The fraction of sp³-hybridized carbons (Fsp3) is 0.576. The maximum Gasteiger partial charge on any atom is 0.326 e. The summed E-state index contributed by atoms with van der Waals surface area (Å²) >= 11 is 3.68. The summed E-state index contributed by atoms with van der Waals surface area (Å²) in [5, 5.41) is 16.8. The van der Waals surface area contributed by atoms with Gasteiger partial charge < -0.3 is 15.7 Å². The van der Waals surface area contributed by atoms with Crippen LogP contribution in [0.25, 0.3) is 11.1 Å². The minimum Gasteiger partial charge on any atom is -0.480 e. The highest BCUT2D eigenvalue weighted by molar-refractivity contribution is 8.01. The fourth-order valence-corrected chi connectivity index (χ4v) is 7.65. The van der Waals surface area contributed by atoms with Crippen molar-refractivity contribution in [3.63, 3.8) is 0 Å². The van der Waals surface area contributed by atoms with Gasteiger partial charge in [-0.15, -0.1) is 0 Å². The minimum atomic E-state index is -1.00. The van der Waals surface area contributed by atoms with Gasteiger partial charge in [-0.2, -0.15) is 23.5 Å². The highest BCUT2D eigenvalue weighted by atomic mass is 32.2. The molecule has 0 aromatic heterocycles. The lowest BCUT2D eigenvalue weighted by Gasteiger charge is -2.38. The van der Waals surface area contributed by atoms with Crippen LogP contribution in [-0.4, -0.2) is 51.1 Å². The number of aryl methyl sites for hydroxylation is 1.